The minimum atomic E-state index is 0. The Morgan fingerprint density at radius 3 is 0.685 bits per heavy atom. The third-order valence-corrected chi connectivity index (χ3v) is 17.3. The van der Waals surface area contributed by atoms with Gasteiger partial charge in [0.1, 0.15) is 0 Å². The summed E-state index contributed by atoms with van der Waals surface area (Å²) in [6, 6.07) is 1.89. The molecule has 0 aromatic heterocycles. The number of hydrogen-bond acceptors (Lipinski definition) is 4. The first-order valence-electron chi connectivity index (χ1n) is 38.5. The number of rotatable bonds is 41. The Kier molecular flexibility index (Phi) is 71.0. The minimum absolute atomic E-state index is 0. The first-order chi connectivity index (χ1) is 39.8. The van der Waals surface area contributed by atoms with Crippen molar-refractivity contribution in [1.29, 1.82) is 0 Å². The lowest BCUT2D eigenvalue weighted by Gasteiger charge is -2.40. The van der Waals surface area contributed by atoms with Gasteiger partial charge in [0, 0.05) is 31.3 Å². The molecule has 0 radical (unpaired) electrons. The van der Waals surface area contributed by atoms with Crippen molar-refractivity contribution < 1.29 is 9.47 Å². The van der Waals surface area contributed by atoms with Crippen LogP contribution in [0, 0.1) is 124 Å². The molecule has 0 fully saturated rings. The van der Waals surface area contributed by atoms with Crippen molar-refractivity contribution in [2.24, 2.45) is 124 Å². The Morgan fingerprint density at radius 1 is 0.292 bits per heavy atom. The fraction of sp³-hybridized carbons (Fsp3) is 1.00. The molecule has 0 spiro atoms. The molecule has 0 aromatic rings. The molecule has 0 saturated heterocycles. The maximum atomic E-state index is 6.49. The normalized spacial score (nSPS) is 13.8. The zero-order valence-electron chi connectivity index (χ0n) is 69.0. The van der Waals surface area contributed by atoms with E-state index >= 15 is 0 Å². The summed E-state index contributed by atoms with van der Waals surface area (Å²) < 4.78 is 12.6. The summed E-state index contributed by atoms with van der Waals surface area (Å²) in [5, 5.41) is 0. The molecule has 4 unspecified atom stereocenters. The van der Waals surface area contributed by atoms with Gasteiger partial charge >= 0.3 is 0 Å². The second kappa shape index (κ2) is 60.3. The van der Waals surface area contributed by atoms with Crippen LogP contribution in [0.1, 0.15) is 376 Å². The van der Waals surface area contributed by atoms with Crippen LogP contribution >= 0.6 is 0 Å². The fourth-order valence-corrected chi connectivity index (χ4v) is 14.1. The molecule has 0 aliphatic rings. The highest BCUT2D eigenvalue weighted by molar-refractivity contribution is 4.84. The highest BCUT2D eigenvalue weighted by Gasteiger charge is 2.34. The third kappa shape index (κ3) is 64.9. The second-order valence-corrected chi connectivity index (χ2v) is 35.5. The summed E-state index contributed by atoms with van der Waals surface area (Å²) in [6.45, 7) is 99.1. The van der Waals surface area contributed by atoms with Gasteiger partial charge in [0.15, 0.2) is 0 Å². The van der Waals surface area contributed by atoms with Gasteiger partial charge in [-0.2, -0.15) is 0 Å². The van der Waals surface area contributed by atoms with Crippen LogP contribution in [0.5, 0.6) is 0 Å². The van der Waals surface area contributed by atoms with E-state index in [1.54, 1.807) is 0 Å². The summed E-state index contributed by atoms with van der Waals surface area (Å²) in [6.07, 6.45) is 16.7. The molecule has 0 aromatic carbocycles. The quantitative estimate of drug-likeness (QED) is 0.0570. The molecular weight excluding hydrogens is 1080 g/mol. The van der Waals surface area contributed by atoms with Gasteiger partial charge in [-0.15, -0.1) is 0 Å². The Hall–Kier alpha value is -0.160. The summed E-state index contributed by atoms with van der Waals surface area (Å²) in [4.78, 5) is 5.03. The average Bonchev–Trinajstić information content (AvgIpc) is 3.54. The van der Waals surface area contributed by atoms with Crippen LogP contribution in [0.15, 0.2) is 0 Å². The Labute approximate surface area is 572 Å². The summed E-state index contributed by atoms with van der Waals surface area (Å²) in [5.41, 5.74) is 0.588. The van der Waals surface area contributed by atoms with Gasteiger partial charge in [-0.1, -0.05) is 257 Å². The van der Waals surface area contributed by atoms with Gasteiger partial charge in [0.05, 0.1) is 18.9 Å². The fourth-order valence-electron chi connectivity index (χ4n) is 14.1. The maximum absolute atomic E-state index is 6.49. The predicted octanol–water partition coefficient (Wildman–Crippen LogP) is 28.4. The molecule has 4 heteroatoms. The monoisotopic (exact) mass is 1270 g/mol. The molecule has 4 atom stereocenters. The second-order valence-electron chi connectivity index (χ2n) is 35.5. The van der Waals surface area contributed by atoms with Crippen molar-refractivity contribution in [3.8, 4) is 0 Å². The van der Waals surface area contributed by atoms with Crippen molar-refractivity contribution in [3.05, 3.63) is 0 Å². The molecular formula is C85H188N2O2. The Bertz CT molecular complexity index is 1260. The molecule has 0 N–H and O–H groups in total. The standard InChI is InChI=1S/2C18H38O.C17H36.C16H34.C12H28N2.C2H6.2CH4/c1-13(2)9-17(15(5)6)11-19-12-18(16(7)8)10-14(3)4;1-13(2)9-17(10-14(3)4)19-18(11-15(5)6)12-16(7)8;1-13(2)9-17(10-14(3)4,11-15(5)6)12-16(7)8;1-11(2)9-15(13(5)6)16(14(7)8)10-12(3)4;1-8-13(10(2)3)9-14(11(4)5)12(6)7;1-2;;/h2*13-18H,9-12H2,1-8H3;13-16H,9-12H2,1-8H3;11-16H,9-10H2,1-8H3;10-12H,8-9H2,1-7H3;1-2H3;2*1H4. The Morgan fingerprint density at radius 2 is 0.528 bits per heavy atom. The van der Waals surface area contributed by atoms with Crippen LogP contribution in [0.4, 0.5) is 0 Å². The van der Waals surface area contributed by atoms with Crippen LogP contribution in [-0.2, 0) is 9.47 Å². The minimum Gasteiger partial charge on any atom is -0.381 e. The van der Waals surface area contributed by atoms with E-state index in [2.05, 4.69) is 280 Å². The van der Waals surface area contributed by atoms with Gasteiger partial charge in [-0.3, -0.25) is 9.80 Å². The van der Waals surface area contributed by atoms with Crippen LogP contribution in [0.2, 0.25) is 0 Å². The SMILES string of the molecule is C.C.CC.CC(C)CC(C(C)C)C(CC(C)C)C(C)C.CC(C)CC(CC(C)C)(CC(C)C)CC(C)C.CC(C)CC(CC(C)C)OC(CC(C)C)CC(C)C.CC(C)CC(COCC(CC(C)C)C(C)C)C(C)C.CCN(CN(C(C)C)C(C)C)C(C)C. The molecule has 0 amide bonds. The number of hydrogen-bond donors (Lipinski definition) is 0. The lowest BCUT2D eigenvalue weighted by atomic mass is 9.65. The van der Waals surface area contributed by atoms with E-state index in [4.69, 9.17) is 9.47 Å². The summed E-state index contributed by atoms with van der Waals surface area (Å²) in [7, 11) is 0. The van der Waals surface area contributed by atoms with Gasteiger partial charge < -0.3 is 9.47 Å². The lowest BCUT2D eigenvalue weighted by molar-refractivity contribution is -0.0484. The van der Waals surface area contributed by atoms with E-state index in [0.717, 1.165) is 133 Å². The highest BCUT2D eigenvalue weighted by atomic mass is 16.5. The predicted molar refractivity (Wildman–Crippen MR) is 418 cm³/mol. The molecule has 4 nitrogen and oxygen atoms in total. The van der Waals surface area contributed by atoms with E-state index in [0.29, 0.717) is 47.6 Å². The van der Waals surface area contributed by atoms with Crippen LogP contribution < -0.4 is 0 Å². The largest absolute Gasteiger partial charge is 0.381 e. The highest BCUT2D eigenvalue weighted by Crippen LogP contribution is 2.45. The zero-order chi connectivity index (χ0) is 69.8. The molecule has 0 aliphatic heterocycles. The van der Waals surface area contributed by atoms with E-state index < -0.39 is 0 Å². The van der Waals surface area contributed by atoms with Gasteiger partial charge in [0.2, 0.25) is 0 Å². The first-order valence-corrected chi connectivity index (χ1v) is 38.5. The van der Waals surface area contributed by atoms with Crippen molar-refractivity contribution in [1.82, 2.24) is 9.80 Å². The van der Waals surface area contributed by atoms with E-state index in [1.165, 1.54) is 77.0 Å². The van der Waals surface area contributed by atoms with Crippen LogP contribution in [0.25, 0.3) is 0 Å². The van der Waals surface area contributed by atoms with Gasteiger partial charge in [0.25, 0.3) is 0 Å². The average molecular weight is 1270 g/mol. The van der Waals surface area contributed by atoms with Crippen LogP contribution in [0.3, 0.4) is 0 Å². The molecule has 0 aliphatic carbocycles. The lowest BCUT2D eigenvalue weighted by Crippen LogP contribution is -2.47. The molecule has 0 saturated carbocycles. The molecule has 0 heterocycles. The number of ether oxygens (including phenoxy) is 2. The van der Waals surface area contributed by atoms with Gasteiger partial charge in [-0.25, -0.2) is 0 Å². The van der Waals surface area contributed by atoms with E-state index in [1.807, 2.05) is 13.8 Å². The van der Waals surface area contributed by atoms with Crippen LogP contribution in [-0.4, -0.2) is 66.6 Å². The molecule has 0 bridgehead atoms. The van der Waals surface area contributed by atoms with Gasteiger partial charge in [-0.05, 0) is 249 Å². The summed E-state index contributed by atoms with van der Waals surface area (Å²) >= 11 is 0. The molecule has 550 valence electrons. The van der Waals surface area contributed by atoms with Crippen molar-refractivity contribution in [2.75, 3.05) is 26.4 Å². The maximum Gasteiger partial charge on any atom is 0.0583 e. The van der Waals surface area contributed by atoms with E-state index in [9.17, 15) is 0 Å². The van der Waals surface area contributed by atoms with Crippen molar-refractivity contribution in [2.45, 2.75) is 406 Å². The summed E-state index contributed by atoms with van der Waals surface area (Å²) in [5.74, 6) is 15.8. The smallest absolute Gasteiger partial charge is 0.0583 e. The molecule has 89 heavy (non-hydrogen) atoms. The first kappa shape index (κ1) is 105. The Balaban J connectivity index is -0.000000152. The molecule has 0 rings (SSSR count). The number of nitrogens with zero attached hydrogens (tertiary/aromatic N) is 2. The van der Waals surface area contributed by atoms with E-state index in [-0.39, 0.29) is 14.9 Å². The van der Waals surface area contributed by atoms with Crippen molar-refractivity contribution in [3.63, 3.8) is 0 Å². The third-order valence-electron chi connectivity index (χ3n) is 17.3. The van der Waals surface area contributed by atoms with Crippen molar-refractivity contribution >= 4 is 0 Å². The topological polar surface area (TPSA) is 24.9 Å². The zero-order valence-corrected chi connectivity index (χ0v) is 69.0.